The number of unbranched alkanes of at least 4 members (excludes halogenated alkanes) is 1. The summed E-state index contributed by atoms with van der Waals surface area (Å²) in [5, 5.41) is 3.33. The van der Waals surface area contributed by atoms with Gasteiger partial charge in [-0.2, -0.15) is 0 Å². The van der Waals surface area contributed by atoms with Crippen LogP contribution in [0, 0.1) is 0 Å². The molecule has 0 radical (unpaired) electrons. The van der Waals surface area contributed by atoms with Crippen LogP contribution in [0.15, 0.2) is 24.3 Å². The van der Waals surface area contributed by atoms with Gasteiger partial charge in [0.25, 0.3) is 0 Å². The molecule has 2 rings (SSSR count). The number of likely N-dealkylation sites (N-methyl/N-ethyl adjacent to an activating group) is 1. The molecule has 3 nitrogen and oxygen atoms in total. The van der Waals surface area contributed by atoms with Crippen LogP contribution in [-0.2, 0) is 4.74 Å². The Hall–Kier alpha value is -1.06. The zero-order chi connectivity index (χ0) is 12.1. The van der Waals surface area contributed by atoms with E-state index in [0.29, 0.717) is 6.61 Å². The van der Waals surface area contributed by atoms with Crippen LogP contribution >= 0.6 is 0 Å². The molecule has 1 aromatic carbocycles. The average Bonchev–Trinajstić information content (AvgIpc) is 2.38. The number of nitrogens with one attached hydrogen (secondary N) is 1. The third kappa shape index (κ3) is 2.79. The van der Waals surface area contributed by atoms with Crippen molar-refractivity contribution in [2.75, 3.05) is 20.3 Å². The topological polar surface area (TPSA) is 30.5 Å². The molecule has 2 unspecified atom stereocenters. The Morgan fingerprint density at radius 1 is 1.41 bits per heavy atom. The Kier molecular flexibility index (Phi) is 4.40. The number of ether oxygens (including phenoxy) is 2. The minimum Gasteiger partial charge on any atom is -0.490 e. The van der Waals surface area contributed by atoms with E-state index in [1.165, 1.54) is 5.56 Å². The summed E-state index contributed by atoms with van der Waals surface area (Å²) in [7, 11) is 1.98. The van der Waals surface area contributed by atoms with E-state index in [-0.39, 0.29) is 12.1 Å². The van der Waals surface area contributed by atoms with Crippen molar-refractivity contribution >= 4 is 0 Å². The van der Waals surface area contributed by atoms with Crippen LogP contribution in [0.3, 0.4) is 0 Å². The van der Waals surface area contributed by atoms with Crippen molar-refractivity contribution in [1.29, 1.82) is 0 Å². The number of fused-ring (bicyclic) bond motifs is 1. The lowest BCUT2D eigenvalue weighted by molar-refractivity contribution is -0.0148. The monoisotopic (exact) mass is 235 g/mol. The lowest BCUT2D eigenvalue weighted by Gasteiger charge is -2.33. The van der Waals surface area contributed by atoms with Crippen LogP contribution in [0.25, 0.3) is 0 Å². The summed E-state index contributed by atoms with van der Waals surface area (Å²) in [5.41, 5.74) is 1.20. The summed E-state index contributed by atoms with van der Waals surface area (Å²) < 4.78 is 11.6. The van der Waals surface area contributed by atoms with Crippen molar-refractivity contribution in [3.05, 3.63) is 29.8 Å². The number of rotatable bonds is 5. The van der Waals surface area contributed by atoms with Gasteiger partial charge in [-0.25, -0.2) is 0 Å². The third-order valence-electron chi connectivity index (χ3n) is 3.17. The highest BCUT2D eigenvalue weighted by atomic mass is 16.5. The van der Waals surface area contributed by atoms with Gasteiger partial charge in [0.2, 0.25) is 0 Å². The highest BCUT2D eigenvalue weighted by molar-refractivity contribution is 5.38. The molecule has 0 fully saturated rings. The van der Waals surface area contributed by atoms with E-state index < -0.39 is 0 Å². The normalized spacial score (nSPS) is 22.9. The van der Waals surface area contributed by atoms with Crippen molar-refractivity contribution in [2.24, 2.45) is 0 Å². The maximum atomic E-state index is 5.90. The second-order valence-electron chi connectivity index (χ2n) is 4.38. The van der Waals surface area contributed by atoms with E-state index in [1.54, 1.807) is 0 Å². The number of benzene rings is 1. The summed E-state index contributed by atoms with van der Waals surface area (Å²) in [6.45, 7) is 3.61. The Morgan fingerprint density at radius 3 is 3.00 bits per heavy atom. The highest BCUT2D eigenvalue weighted by Crippen LogP contribution is 2.32. The summed E-state index contributed by atoms with van der Waals surface area (Å²) in [5.74, 6) is 0.974. The Bertz CT molecular complexity index is 354. The smallest absolute Gasteiger partial charge is 0.124 e. The van der Waals surface area contributed by atoms with Crippen LogP contribution in [0.1, 0.15) is 31.4 Å². The standard InChI is InChI=1S/C14H21NO2/c1-3-4-9-16-13-10-17-12-8-6-5-7-11(12)14(13)15-2/h5-8,13-15H,3-4,9-10H2,1-2H3. The zero-order valence-corrected chi connectivity index (χ0v) is 10.6. The van der Waals surface area contributed by atoms with Gasteiger partial charge in [0, 0.05) is 12.2 Å². The Labute approximate surface area is 103 Å². The van der Waals surface area contributed by atoms with E-state index in [2.05, 4.69) is 18.3 Å². The molecule has 1 N–H and O–H groups in total. The fourth-order valence-corrected chi connectivity index (χ4v) is 2.20. The van der Waals surface area contributed by atoms with Gasteiger partial charge in [-0.1, -0.05) is 31.5 Å². The van der Waals surface area contributed by atoms with E-state index in [0.717, 1.165) is 25.2 Å². The maximum absolute atomic E-state index is 5.90. The van der Waals surface area contributed by atoms with Gasteiger partial charge in [-0.3, -0.25) is 0 Å². The molecular formula is C14H21NO2. The van der Waals surface area contributed by atoms with Crippen molar-refractivity contribution in [3.63, 3.8) is 0 Å². The fourth-order valence-electron chi connectivity index (χ4n) is 2.20. The molecule has 0 amide bonds. The molecule has 1 aliphatic rings. The van der Waals surface area contributed by atoms with E-state index in [9.17, 15) is 0 Å². The number of hydrogen-bond donors (Lipinski definition) is 1. The molecule has 0 aliphatic carbocycles. The van der Waals surface area contributed by atoms with E-state index in [1.807, 2.05) is 25.2 Å². The number of para-hydroxylation sites is 1. The van der Waals surface area contributed by atoms with Gasteiger partial charge < -0.3 is 14.8 Å². The Balaban J connectivity index is 2.06. The zero-order valence-electron chi connectivity index (χ0n) is 10.6. The van der Waals surface area contributed by atoms with Crippen LogP contribution in [0.4, 0.5) is 0 Å². The first-order valence-electron chi connectivity index (χ1n) is 6.37. The molecule has 0 saturated heterocycles. The molecule has 0 spiro atoms. The highest BCUT2D eigenvalue weighted by Gasteiger charge is 2.29. The summed E-state index contributed by atoms with van der Waals surface area (Å²) in [4.78, 5) is 0. The molecule has 94 valence electrons. The van der Waals surface area contributed by atoms with Crippen molar-refractivity contribution < 1.29 is 9.47 Å². The van der Waals surface area contributed by atoms with Gasteiger partial charge in [-0.15, -0.1) is 0 Å². The van der Waals surface area contributed by atoms with Crippen molar-refractivity contribution in [1.82, 2.24) is 5.32 Å². The molecule has 1 aromatic rings. The first kappa shape index (κ1) is 12.4. The van der Waals surface area contributed by atoms with Gasteiger partial charge in [-0.05, 0) is 19.5 Å². The largest absolute Gasteiger partial charge is 0.490 e. The van der Waals surface area contributed by atoms with Crippen LogP contribution < -0.4 is 10.1 Å². The van der Waals surface area contributed by atoms with E-state index in [4.69, 9.17) is 9.47 Å². The van der Waals surface area contributed by atoms with Gasteiger partial charge >= 0.3 is 0 Å². The summed E-state index contributed by atoms with van der Waals surface area (Å²) >= 11 is 0. The van der Waals surface area contributed by atoms with Crippen molar-refractivity contribution in [3.8, 4) is 5.75 Å². The van der Waals surface area contributed by atoms with Crippen molar-refractivity contribution in [2.45, 2.75) is 31.9 Å². The van der Waals surface area contributed by atoms with Crippen LogP contribution in [0.2, 0.25) is 0 Å². The minimum atomic E-state index is 0.112. The third-order valence-corrected chi connectivity index (χ3v) is 3.17. The predicted octanol–water partition coefficient (Wildman–Crippen LogP) is 2.52. The molecule has 0 aromatic heterocycles. The quantitative estimate of drug-likeness (QED) is 0.795. The SMILES string of the molecule is CCCCOC1COc2ccccc2C1NC. The molecule has 0 bridgehead atoms. The average molecular weight is 235 g/mol. The first-order chi connectivity index (χ1) is 8.36. The Morgan fingerprint density at radius 2 is 2.24 bits per heavy atom. The molecule has 1 heterocycles. The minimum absolute atomic E-state index is 0.112. The first-order valence-corrected chi connectivity index (χ1v) is 6.37. The van der Waals surface area contributed by atoms with Gasteiger partial charge in [0.15, 0.2) is 0 Å². The second-order valence-corrected chi connectivity index (χ2v) is 4.38. The van der Waals surface area contributed by atoms with Gasteiger partial charge in [0.05, 0.1) is 6.04 Å². The van der Waals surface area contributed by atoms with Gasteiger partial charge in [0.1, 0.15) is 18.5 Å². The number of hydrogen-bond acceptors (Lipinski definition) is 3. The summed E-state index contributed by atoms with van der Waals surface area (Å²) in [6.07, 6.45) is 2.38. The predicted molar refractivity (Wildman–Crippen MR) is 68.4 cm³/mol. The molecular weight excluding hydrogens is 214 g/mol. The molecule has 0 saturated carbocycles. The second kappa shape index (κ2) is 6.03. The summed E-state index contributed by atoms with van der Waals surface area (Å²) in [6, 6.07) is 8.40. The molecule has 2 atom stereocenters. The lowest BCUT2D eigenvalue weighted by Crippen LogP contribution is -2.39. The molecule has 17 heavy (non-hydrogen) atoms. The molecule has 1 aliphatic heterocycles. The molecule has 3 heteroatoms. The van der Waals surface area contributed by atoms with Crippen LogP contribution in [-0.4, -0.2) is 26.4 Å². The lowest BCUT2D eigenvalue weighted by atomic mass is 9.98. The fraction of sp³-hybridized carbons (Fsp3) is 0.571. The van der Waals surface area contributed by atoms with Crippen LogP contribution in [0.5, 0.6) is 5.75 Å². The maximum Gasteiger partial charge on any atom is 0.124 e. The van der Waals surface area contributed by atoms with E-state index >= 15 is 0 Å².